The molecular weight excluding hydrogens is 236 g/mol. The predicted molar refractivity (Wildman–Crippen MR) is 78.4 cm³/mol. The van der Waals surface area contributed by atoms with Gasteiger partial charge in [0.05, 0.1) is 7.11 Å². The maximum atomic E-state index is 5.43. The standard InChI is InChI=1S/C16H22N2O/c1-12-5-6-16(19-4)15(9-12)13(2)17-10-14-7-8-18(3)11-14/h5-9,11,13,17H,10H2,1-4H3. The van der Waals surface area contributed by atoms with Crippen molar-refractivity contribution < 1.29 is 4.74 Å². The van der Waals surface area contributed by atoms with Gasteiger partial charge in [0.1, 0.15) is 5.75 Å². The second-order valence-electron chi connectivity index (χ2n) is 5.03. The molecule has 0 aliphatic carbocycles. The SMILES string of the molecule is COc1ccc(C)cc1C(C)NCc1ccn(C)c1. The fourth-order valence-corrected chi connectivity index (χ4v) is 2.24. The van der Waals surface area contributed by atoms with Crippen molar-refractivity contribution in [1.29, 1.82) is 0 Å². The van der Waals surface area contributed by atoms with Crippen LogP contribution in [0.25, 0.3) is 0 Å². The summed E-state index contributed by atoms with van der Waals surface area (Å²) in [4.78, 5) is 0. The third-order valence-corrected chi connectivity index (χ3v) is 3.36. The highest BCUT2D eigenvalue weighted by atomic mass is 16.5. The van der Waals surface area contributed by atoms with Crippen molar-refractivity contribution in [3.63, 3.8) is 0 Å². The molecule has 0 bridgehead atoms. The van der Waals surface area contributed by atoms with E-state index in [9.17, 15) is 0 Å². The van der Waals surface area contributed by atoms with Crippen molar-refractivity contribution in [3.05, 3.63) is 53.3 Å². The Bertz CT molecular complexity index is 545. The topological polar surface area (TPSA) is 26.2 Å². The zero-order valence-corrected chi connectivity index (χ0v) is 12.1. The van der Waals surface area contributed by atoms with Crippen LogP contribution >= 0.6 is 0 Å². The van der Waals surface area contributed by atoms with Crippen molar-refractivity contribution >= 4 is 0 Å². The average molecular weight is 258 g/mol. The Morgan fingerprint density at radius 2 is 2.11 bits per heavy atom. The monoisotopic (exact) mass is 258 g/mol. The highest BCUT2D eigenvalue weighted by Crippen LogP contribution is 2.26. The number of aromatic nitrogens is 1. The van der Waals surface area contributed by atoms with E-state index in [4.69, 9.17) is 4.74 Å². The summed E-state index contributed by atoms with van der Waals surface area (Å²) in [5, 5.41) is 3.54. The van der Waals surface area contributed by atoms with Crippen molar-refractivity contribution in [3.8, 4) is 5.75 Å². The Morgan fingerprint density at radius 1 is 1.32 bits per heavy atom. The first-order valence-corrected chi connectivity index (χ1v) is 6.59. The number of methoxy groups -OCH3 is 1. The van der Waals surface area contributed by atoms with Crippen LogP contribution in [-0.2, 0) is 13.6 Å². The first-order valence-electron chi connectivity index (χ1n) is 6.59. The highest BCUT2D eigenvalue weighted by molar-refractivity contribution is 5.38. The molecule has 1 N–H and O–H groups in total. The van der Waals surface area contributed by atoms with Gasteiger partial charge in [-0.25, -0.2) is 0 Å². The van der Waals surface area contributed by atoms with E-state index in [1.165, 1.54) is 16.7 Å². The Balaban J connectivity index is 2.06. The van der Waals surface area contributed by atoms with Gasteiger partial charge in [-0.05, 0) is 31.5 Å². The van der Waals surface area contributed by atoms with E-state index in [0.29, 0.717) is 0 Å². The van der Waals surface area contributed by atoms with Crippen LogP contribution in [0.4, 0.5) is 0 Å². The van der Waals surface area contributed by atoms with Gasteiger partial charge in [-0.1, -0.05) is 17.7 Å². The maximum absolute atomic E-state index is 5.43. The summed E-state index contributed by atoms with van der Waals surface area (Å²) in [6, 6.07) is 8.68. The minimum atomic E-state index is 0.259. The molecule has 2 rings (SSSR count). The maximum Gasteiger partial charge on any atom is 0.123 e. The van der Waals surface area contributed by atoms with E-state index in [1.807, 2.05) is 13.1 Å². The summed E-state index contributed by atoms with van der Waals surface area (Å²) in [6.45, 7) is 5.13. The van der Waals surface area contributed by atoms with Crippen molar-refractivity contribution in [2.24, 2.45) is 7.05 Å². The van der Waals surface area contributed by atoms with Crippen LogP contribution in [0.1, 0.15) is 29.7 Å². The molecule has 3 heteroatoms. The van der Waals surface area contributed by atoms with Gasteiger partial charge in [-0.3, -0.25) is 0 Å². The summed E-state index contributed by atoms with van der Waals surface area (Å²) in [6.07, 6.45) is 4.20. The second-order valence-corrected chi connectivity index (χ2v) is 5.03. The largest absolute Gasteiger partial charge is 0.496 e. The van der Waals surface area contributed by atoms with Crippen LogP contribution in [0.2, 0.25) is 0 Å². The predicted octanol–water partition coefficient (Wildman–Crippen LogP) is 3.19. The van der Waals surface area contributed by atoms with Gasteiger partial charge >= 0.3 is 0 Å². The van der Waals surface area contributed by atoms with Crippen LogP contribution in [-0.4, -0.2) is 11.7 Å². The third-order valence-electron chi connectivity index (χ3n) is 3.36. The third kappa shape index (κ3) is 3.38. The van der Waals surface area contributed by atoms with Gasteiger partial charge in [-0.2, -0.15) is 0 Å². The number of hydrogen-bond donors (Lipinski definition) is 1. The highest BCUT2D eigenvalue weighted by Gasteiger charge is 2.11. The normalized spacial score (nSPS) is 12.4. The van der Waals surface area contributed by atoms with Gasteiger partial charge in [-0.15, -0.1) is 0 Å². The minimum Gasteiger partial charge on any atom is -0.496 e. The van der Waals surface area contributed by atoms with E-state index < -0.39 is 0 Å². The molecule has 102 valence electrons. The molecule has 2 aromatic rings. The molecule has 0 spiro atoms. The smallest absolute Gasteiger partial charge is 0.123 e. The van der Waals surface area contributed by atoms with Gasteiger partial charge in [0.25, 0.3) is 0 Å². The van der Waals surface area contributed by atoms with E-state index in [1.54, 1.807) is 7.11 Å². The number of aryl methyl sites for hydroxylation is 2. The fraction of sp³-hybridized carbons (Fsp3) is 0.375. The molecule has 3 nitrogen and oxygen atoms in total. The number of rotatable bonds is 5. The van der Waals surface area contributed by atoms with E-state index in [0.717, 1.165) is 12.3 Å². The summed E-state index contributed by atoms with van der Waals surface area (Å²) < 4.78 is 7.50. The van der Waals surface area contributed by atoms with Crippen LogP contribution < -0.4 is 10.1 Å². The molecule has 0 fully saturated rings. The Kier molecular flexibility index (Phi) is 4.27. The quantitative estimate of drug-likeness (QED) is 0.891. The molecule has 0 saturated heterocycles. The van der Waals surface area contributed by atoms with Crippen molar-refractivity contribution in [2.75, 3.05) is 7.11 Å². The number of hydrogen-bond acceptors (Lipinski definition) is 2. The lowest BCUT2D eigenvalue weighted by Crippen LogP contribution is -2.18. The Hall–Kier alpha value is -1.74. The molecule has 1 unspecified atom stereocenters. The second kappa shape index (κ2) is 5.93. The fourth-order valence-electron chi connectivity index (χ4n) is 2.24. The molecule has 1 heterocycles. The van der Waals surface area contributed by atoms with Gasteiger partial charge in [0.15, 0.2) is 0 Å². The summed E-state index contributed by atoms with van der Waals surface area (Å²) in [5.41, 5.74) is 3.75. The molecule has 1 aromatic carbocycles. The lowest BCUT2D eigenvalue weighted by atomic mass is 10.0. The van der Waals surface area contributed by atoms with E-state index >= 15 is 0 Å². The number of nitrogens with one attached hydrogen (secondary N) is 1. The summed E-state index contributed by atoms with van der Waals surface area (Å²) in [7, 11) is 3.76. The molecule has 1 atom stereocenters. The van der Waals surface area contributed by atoms with Crippen LogP contribution in [0.3, 0.4) is 0 Å². The zero-order chi connectivity index (χ0) is 13.8. The Labute approximate surface area is 115 Å². The molecule has 1 aromatic heterocycles. The van der Waals surface area contributed by atoms with Crippen LogP contribution in [0.15, 0.2) is 36.7 Å². The van der Waals surface area contributed by atoms with Gasteiger partial charge in [0.2, 0.25) is 0 Å². The molecule has 0 aliphatic heterocycles. The van der Waals surface area contributed by atoms with Gasteiger partial charge in [0, 0.05) is 37.6 Å². The lowest BCUT2D eigenvalue weighted by Gasteiger charge is -2.17. The number of ether oxygens (including phenoxy) is 1. The van der Waals surface area contributed by atoms with Crippen LogP contribution in [0.5, 0.6) is 5.75 Å². The van der Waals surface area contributed by atoms with Crippen LogP contribution in [0, 0.1) is 6.92 Å². The molecule has 19 heavy (non-hydrogen) atoms. The molecule has 0 aliphatic rings. The average Bonchev–Trinajstić information content (AvgIpc) is 2.81. The summed E-state index contributed by atoms with van der Waals surface area (Å²) >= 11 is 0. The summed E-state index contributed by atoms with van der Waals surface area (Å²) in [5.74, 6) is 0.943. The minimum absolute atomic E-state index is 0.259. The van der Waals surface area contributed by atoms with Crippen molar-refractivity contribution in [2.45, 2.75) is 26.4 Å². The van der Waals surface area contributed by atoms with Gasteiger partial charge < -0.3 is 14.6 Å². The number of nitrogens with zero attached hydrogens (tertiary/aromatic N) is 1. The van der Waals surface area contributed by atoms with E-state index in [2.05, 4.69) is 54.3 Å². The lowest BCUT2D eigenvalue weighted by molar-refractivity contribution is 0.401. The molecule has 0 amide bonds. The Morgan fingerprint density at radius 3 is 2.74 bits per heavy atom. The first-order chi connectivity index (χ1) is 9.10. The molecular formula is C16H22N2O. The number of benzene rings is 1. The molecule has 0 saturated carbocycles. The zero-order valence-electron chi connectivity index (χ0n) is 12.1. The molecule has 0 radical (unpaired) electrons. The first kappa shape index (κ1) is 13.7. The van der Waals surface area contributed by atoms with E-state index in [-0.39, 0.29) is 6.04 Å². The van der Waals surface area contributed by atoms with Crippen molar-refractivity contribution in [1.82, 2.24) is 9.88 Å².